The third-order valence-corrected chi connectivity index (χ3v) is 3.96. The molecule has 1 aromatic heterocycles. The number of aliphatic hydroxyl groups excluding tert-OH is 2. The van der Waals surface area contributed by atoms with Crippen LogP contribution in [0.2, 0.25) is 0 Å². The summed E-state index contributed by atoms with van der Waals surface area (Å²) < 4.78 is 1.49. The summed E-state index contributed by atoms with van der Waals surface area (Å²) in [6, 6.07) is -0.340. The minimum Gasteiger partial charge on any atom is -0.396 e. The van der Waals surface area contributed by atoms with E-state index in [1.165, 1.54) is 4.68 Å². The van der Waals surface area contributed by atoms with Crippen LogP contribution >= 0.6 is 0 Å². The van der Waals surface area contributed by atoms with E-state index in [9.17, 15) is 15.0 Å². The smallest absolute Gasteiger partial charge is 0.272 e. The molecule has 0 saturated heterocycles. The van der Waals surface area contributed by atoms with Gasteiger partial charge in [-0.2, -0.15) is 0 Å². The predicted octanol–water partition coefficient (Wildman–Crippen LogP) is 0.223. The number of rotatable bonds is 5. The van der Waals surface area contributed by atoms with Gasteiger partial charge in [-0.05, 0) is 31.1 Å². The van der Waals surface area contributed by atoms with E-state index in [-0.39, 0.29) is 24.3 Å². The molecule has 1 saturated carbocycles. The summed E-state index contributed by atoms with van der Waals surface area (Å²) in [6.07, 6.45) is 3.15. The lowest BCUT2D eigenvalue weighted by Crippen LogP contribution is -2.21. The standard InChI is InChI=1S/C15H22N4O3/c1-2-3-4-5-6-11-14(15(16)22)17-18-19(11)12-7-10(9-20)8-13(12)21/h10,12-13,20-21H,2-4,7-9H2,1H3,(H2,16,22)/t10-,12+,13+/m0/s1. The van der Waals surface area contributed by atoms with Crippen LogP contribution in [0.5, 0.6) is 0 Å². The van der Waals surface area contributed by atoms with Gasteiger partial charge in [0.1, 0.15) is 5.69 Å². The van der Waals surface area contributed by atoms with Crippen LogP contribution < -0.4 is 5.73 Å². The molecule has 0 bridgehead atoms. The molecule has 7 nitrogen and oxygen atoms in total. The Labute approximate surface area is 129 Å². The normalized spacial score (nSPS) is 24.0. The van der Waals surface area contributed by atoms with Crippen molar-refractivity contribution in [3.63, 3.8) is 0 Å². The van der Waals surface area contributed by atoms with E-state index >= 15 is 0 Å². The number of unbranched alkanes of at least 4 members (excludes halogenated alkanes) is 2. The first-order valence-corrected chi connectivity index (χ1v) is 7.61. The van der Waals surface area contributed by atoms with Crippen LogP contribution in [0.25, 0.3) is 0 Å². The maximum absolute atomic E-state index is 11.5. The highest BCUT2D eigenvalue weighted by molar-refractivity contribution is 5.92. The van der Waals surface area contributed by atoms with Crippen LogP contribution in [0.3, 0.4) is 0 Å². The molecule has 1 fully saturated rings. The van der Waals surface area contributed by atoms with Crippen molar-refractivity contribution in [3.8, 4) is 11.8 Å². The molecule has 0 radical (unpaired) electrons. The van der Waals surface area contributed by atoms with Crippen LogP contribution in [-0.4, -0.2) is 43.8 Å². The highest BCUT2D eigenvalue weighted by atomic mass is 16.3. The molecule has 22 heavy (non-hydrogen) atoms. The molecule has 1 aliphatic carbocycles. The molecule has 1 aliphatic rings. The topological polar surface area (TPSA) is 114 Å². The summed E-state index contributed by atoms with van der Waals surface area (Å²) in [5, 5.41) is 27.2. The maximum atomic E-state index is 11.5. The van der Waals surface area contributed by atoms with Crippen molar-refractivity contribution in [3.05, 3.63) is 11.4 Å². The second kappa shape index (κ2) is 7.38. The molecular formula is C15H22N4O3. The van der Waals surface area contributed by atoms with Crippen LogP contribution in [0.15, 0.2) is 0 Å². The summed E-state index contributed by atoms with van der Waals surface area (Å²) in [5.74, 6) is 5.25. The number of nitrogens with two attached hydrogens (primary N) is 1. The van der Waals surface area contributed by atoms with Crippen LogP contribution in [0.1, 0.15) is 61.3 Å². The van der Waals surface area contributed by atoms with E-state index < -0.39 is 12.0 Å². The first-order valence-electron chi connectivity index (χ1n) is 7.61. The Morgan fingerprint density at radius 1 is 1.50 bits per heavy atom. The monoisotopic (exact) mass is 306 g/mol. The number of amides is 1. The molecule has 1 aromatic rings. The van der Waals surface area contributed by atoms with Gasteiger partial charge in [-0.15, -0.1) is 5.10 Å². The highest BCUT2D eigenvalue weighted by Crippen LogP contribution is 2.35. The number of hydrogen-bond donors (Lipinski definition) is 3. The molecule has 1 amide bonds. The highest BCUT2D eigenvalue weighted by Gasteiger charge is 2.36. The van der Waals surface area contributed by atoms with E-state index in [0.717, 1.165) is 12.8 Å². The summed E-state index contributed by atoms with van der Waals surface area (Å²) in [7, 11) is 0. The zero-order chi connectivity index (χ0) is 16.1. The van der Waals surface area contributed by atoms with Gasteiger partial charge in [-0.25, -0.2) is 4.68 Å². The van der Waals surface area contributed by atoms with E-state index in [4.69, 9.17) is 5.73 Å². The molecular weight excluding hydrogens is 284 g/mol. The Bertz CT molecular complexity index is 587. The van der Waals surface area contributed by atoms with Gasteiger partial charge in [0.05, 0.1) is 12.1 Å². The number of carbonyl (C=O) groups is 1. The Balaban J connectivity index is 2.30. The third-order valence-electron chi connectivity index (χ3n) is 3.96. The second-order valence-corrected chi connectivity index (χ2v) is 5.66. The van der Waals surface area contributed by atoms with Gasteiger partial charge in [0.15, 0.2) is 5.69 Å². The molecule has 0 aromatic carbocycles. The van der Waals surface area contributed by atoms with Gasteiger partial charge in [-0.1, -0.05) is 24.5 Å². The van der Waals surface area contributed by atoms with Gasteiger partial charge in [0, 0.05) is 13.0 Å². The van der Waals surface area contributed by atoms with Gasteiger partial charge in [0.25, 0.3) is 5.91 Å². The van der Waals surface area contributed by atoms with E-state index in [2.05, 4.69) is 29.1 Å². The summed E-state index contributed by atoms with van der Waals surface area (Å²) >= 11 is 0. The molecule has 4 N–H and O–H groups in total. The fourth-order valence-electron chi connectivity index (χ4n) is 2.72. The fourth-order valence-corrected chi connectivity index (χ4v) is 2.72. The van der Waals surface area contributed by atoms with Crippen molar-refractivity contribution < 1.29 is 15.0 Å². The zero-order valence-corrected chi connectivity index (χ0v) is 12.7. The van der Waals surface area contributed by atoms with E-state index in [1.807, 2.05) is 0 Å². The average molecular weight is 306 g/mol. The van der Waals surface area contributed by atoms with Crippen LogP contribution in [0, 0.1) is 17.8 Å². The summed E-state index contributed by atoms with van der Waals surface area (Å²) in [4.78, 5) is 11.5. The second-order valence-electron chi connectivity index (χ2n) is 5.66. The first kappa shape index (κ1) is 16.5. The molecule has 7 heteroatoms. The van der Waals surface area contributed by atoms with Crippen molar-refractivity contribution in [2.45, 2.75) is 51.2 Å². The van der Waals surface area contributed by atoms with Crippen LogP contribution in [0.4, 0.5) is 0 Å². The van der Waals surface area contributed by atoms with E-state index in [1.54, 1.807) is 0 Å². The van der Waals surface area contributed by atoms with E-state index in [0.29, 0.717) is 25.0 Å². The molecule has 3 atom stereocenters. The van der Waals surface area contributed by atoms with Crippen molar-refractivity contribution in [2.75, 3.05) is 6.61 Å². The lowest BCUT2D eigenvalue weighted by Gasteiger charge is -2.15. The SMILES string of the molecule is CCCCC#Cc1c(C(N)=O)nnn1[C@@H]1C[C@H](CO)C[C@H]1O. The van der Waals surface area contributed by atoms with Crippen molar-refractivity contribution in [2.24, 2.45) is 11.7 Å². The number of carbonyl (C=O) groups excluding carboxylic acids is 1. The summed E-state index contributed by atoms with van der Waals surface area (Å²) in [6.45, 7) is 2.09. The average Bonchev–Trinajstić information content (AvgIpc) is 3.06. The minimum atomic E-state index is -0.683. The maximum Gasteiger partial charge on any atom is 0.272 e. The Hall–Kier alpha value is -1.91. The molecule has 0 unspecified atom stereocenters. The molecule has 120 valence electrons. The van der Waals surface area contributed by atoms with Gasteiger partial charge < -0.3 is 15.9 Å². The van der Waals surface area contributed by atoms with Gasteiger partial charge >= 0.3 is 0 Å². The number of aliphatic hydroxyl groups is 2. The van der Waals surface area contributed by atoms with Crippen LogP contribution in [-0.2, 0) is 0 Å². The quantitative estimate of drug-likeness (QED) is 0.532. The molecule has 2 rings (SSSR count). The molecule has 0 spiro atoms. The Kier molecular flexibility index (Phi) is 5.52. The van der Waals surface area contributed by atoms with Gasteiger partial charge in [0.2, 0.25) is 0 Å². The van der Waals surface area contributed by atoms with Crippen molar-refractivity contribution >= 4 is 5.91 Å². The molecule has 0 aliphatic heterocycles. The largest absolute Gasteiger partial charge is 0.396 e. The number of aromatic nitrogens is 3. The van der Waals surface area contributed by atoms with Crippen molar-refractivity contribution in [1.29, 1.82) is 0 Å². The minimum absolute atomic E-state index is 0.0159. The fraction of sp³-hybridized carbons (Fsp3) is 0.667. The predicted molar refractivity (Wildman–Crippen MR) is 79.8 cm³/mol. The lowest BCUT2D eigenvalue weighted by molar-refractivity contribution is 0.0994. The molecule has 1 heterocycles. The zero-order valence-electron chi connectivity index (χ0n) is 12.7. The lowest BCUT2D eigenvalue weighted by atomic mass is 10.1. The van der Waals surface area contributed by atoms with Crippen molar-refractivity contribution in [1.82, 2.24) is 15.0 Å². The number of nitrogens with zero attached hydrogens (tertiary/aromatic N) is 3. The number of primary amides is 1. The Morgan fingerprint density at radius 3 is 2.86 bits per heavy atom. The van der Waals surface area contributed by atoms with Gasteiger partial charge in [-0.3, -0.25) is 4.79 Å². The number of hydrogen-bond acceptors (Lipinski definition) is 5. The summed E-state index contributed by atoms with van der Waals surface area (Å²) in [5.41, 5.74) is 5.70. The first-order chi connectivity index (χ1) is 10.6. The Morgan fingerprint density at radius 2 is 2.27 bits per heavy atom. The third kappa shape index (κ3) is 3.46.